The first-order valence-corrected chi connectivity index (χ1v) is 12.4. The summed E-state index contributed by atoms with van der Waals surface area (Å²) in [4.78, 5) is 12.7. The number of anilines is 1. The van der Waals surface area contributed by atoms with Gasteiger partial charge in [-0.25, -0.2) is 12.8 Å². The Morgan fingerprint density at radius 3 is 2.15 bits per heavy atom. The van der Waals surface area contributed by atoms with E-state index >= 15 is 0 Å². The maximum absolute atomic E-state index is 13.2. The van der Waals surface area contributed by atoms with E-state index < -0.39 is 10.0 Å². The van der Waals surface area contributed by atoms with Crippen LogP contribution in [-0.2, 0) is 16.6 Å². The zero-order chi connectivity index (χ0) is 24.0. The molecule has 6 nitrogen and oxygen atoms in total. The molecule has 0 spiro atoms. The highest BCUT2D eigenvalue weighted by Gasteiger charge is 2.19. The maximum atomic E-state index is 13.2. The Morgan fingerprint density at radius 2 is 1.61 bits per heavy atom. The molecule has 0 aliphatic heterocycles. The molecular weight excluding hydrogens is 443 g/mol. The summed E-state index contributed by atoms with van der Waals surface area (Å²) in [7, 11) is -3.59. The number of hydrogen-bond donors (Lipinski definition) is 1. The predicted molar refractivity (Wildman–Crippen MR) is 127 cm³/mol. The molecule has 8 heteroatoms. The van der Waals surface area contributed by atoms with E-state index in [4.69, 9.17) is 4.74 Å². The molecule has 0 aromatic heterocycles. The summed E-state index contributed by atoms with van der Waals surface area (Å²) >= 11 is 0. The highest BCUT2D eigenvalue weighted by atomic mass is 32.2. The lowest BCUT2D eigenvalue weighted by Gasteiger charge is -2.23. The smallest absolute Gasteiger partial charge is 0.251 e. The minimum atomic E-state index is -3.59. The molecule has 0 saturated heterocycles. The number of halogens is 1. The van der Waals surface area contributed by atoms with Gasteiger partial charge in [-0.1, -0.05) is 24.3 Å². The lowest BCUT2D eigenvalue weighted by molar-refractivity contribution is 0.0940. The van der Waals surface area contributed by atoms with Crippen molar-refractivity contribution in [2.45, 2.75) is 26.4 Å². The molecule has 3 aromatic rings. The second-order valence-corrected chi connectivity index (χ2v) is 9.55. The molecule has 3 rings (SSSR count). The molecule has 1 N–H and O–H groups in total. The lowest BCUT2D eigenvalue weighted by Crippen LogP contribution is -2.29. The quantitative estimate of drug-likeness (QED) is 0.493. The topological polar surface area (TPSA) is 75.7 Å². The molecule has 3 aromatic carbocycles. The van der Waals surface area contributed by atoms with Crippen molar-refractivity contribution in [3.05, 3.63) is 95.3 Å². The first kappa shape index (κ1) is 24.3. The number of hydrogen-bond acceptors (Lipinski definition) is 4. The van der Waals surface area contributed by atoms with Gasteiger partial charge in [-0.15, -0.1) is 0 Å². The molecule has 0 fully saturated rings. The van der Waals surface area contributed by atoms with Crippen LogP contribution in [0.3, 0.4) is 0 Å². The third-order valence-corrected chi connectivity index (χ3v) is 6.24. The van der Waals surface area contributed by atoms with Crippen molar-refractivity contribution < 1.29 is 22.3 Å². The van der Waals surface area contributed by atoms with Crippen LogP contribution in [0.2, 0.25) is 0 Å². The molecule has 0 aliphatic carbocycles. The second-order valence-electron chi connectivity index (χ2n) is 7.64. The summed E-state index contributed by atoms with van der Waals surface area (Å²) in [6.07, 6.45) is 1.11. The zero-order valence-electron chi connectivity index (χ0n) is 18.8. The molecule has 33 heavy (non-hydrogen) atoms. The number of sulfonamides is 1. The molecule has 0 heterocycles. The van der Waals surface area contributed by atoms with Crippen LogP contribution in [0, 0.1) is 5.82 Å². The Bertz CT molecular complexity index is 1180. The van der Waals surface area contributed by atoms with Gasteiger partial charge < -0.3 is 10.1 Å². The van der Waals surface area contributed by atoms with E-state index in [-0.39, 0.29) is 24.3 Å². The van der Waals surface area contributed by atoms with Gasteiger partial charge in [0.1, 0.15) is 11.6 Å². The van der Waals surface area contributed by atoms with Crippen LogP contribution < -0.4 is 14.4 Å². The number of carbonyl (C=O) groups is 1. The number of amides is 1. The third kappa shape index (κ3) is 6.55. The minimum Gasteiger partial charge on any atom is -0.494 e. The largest absolute Gasteiger partial charge is 0.494 e. The Kier molecular flexibility index (Phi) is 7.71. The van der Waals surface area contributed by atoms with Crippen LogP contribution in [0.4, 0.5) is 10.1 Å². The Morgan fingerprint density at radius 1 is 1.00 bits per heavy atom. The van der Waals surface area contributed by atoms with Crippen LogP contribution in [0.5, 0.6) is 5.75 Å². The van der Waals surface area contributed by atoms with Crippen molar-refractivity contribution in [2.75, 3.05) is 17.2 Å². The highest BCUT2D eigenvalue weighted by Crippen LogP contribution is 2.22. The fourth-order valence-electron chi connectivity index (χ4n) is 3.32. The number of nitrogens with one attached hydrogen (secondary N) is 1. The van der Waals surface area contributed by atoms with E-state index in [0.29, 0.717) is 23.4 Å². The van der Waals surface area contributed by atoms with Gasteiger partial charge in [0.05, 0.1) is 31.1 Å². The summed E-state index contributed by atoms with van der Waals surface area (Å²) in [5.41, 5.74) is 2.41. The maximum Gasteiger partial charge on any atom is 0.251 e. The van der Waals surface area contributed by atoms with Crippen LogP contribution in [-0.4, -0.2) is 27.2 Å². The van der Waals surface area contributed by atoms with Crippen molar-refractivity contribution in [1.82, 2.24) is 5.32 Å². The van der Waals surface area contributed by atoms with Crippen LogP contribution in [0.1, 0.15) is 41.4 Å². The minimum absolute atomic E-state index is 0.0550. The monoisotopic (exact) mass is 470 g/mol. The molecule has 0 radical (unpaired) electrons. The third-order valence-electron chi connectivity index (χ3n) is 5.10. The van der Waals surface area contributed by atoms with Gasteiger partial charge in [0, 0.05) is 5.56 Å². The van der Waals surface area contributed by atoms with E-state index in [2.05, 4.69) is 5.32 Å². The van der Waals surface area contributed by atoms with Crippen molar-refractivity contribution in [3.63, 3.8) is 0 Å². The Hall–Kier alpha value is -3.39. The number of rotatable bonds is 9. The van der Waals surface area contributed by atoms with Gasteiger partial charge in [0.2, 0.25) is 10.0 Å². The summed E-state index contributed by atoms with van der Waals surface area (Å²) < 4.78 is 44.5. The van der Waals surface area contributed by atoms with Crippen molar-refractivity contribution in [2.24, 2.45) is 0 Å². The molecular formula is C25H27FN2O4S. The van der Waals surface area contributed by atoms with E-state index in [1.165, 1.54) is 28.6 Å². The number of ether oxygens (including phenoxy) is 1. The zero-order valence-corrected chi connectivity index (χ0v) is 19.6. The average Bonchev–Trinajstić information content (AvgIpc) is 2.78. The standard InChI is InChI=1S/C25H27FN2O4S/c1-4-32-24-15-9-20(10-16-24)18(2)27-25(29)21-7-13-23(14-8-21)28(33(3,30)31)17-19-5-11-22(26)12-6-19/h5-16,18H,4,17H2,1-3H3,(H,27,29)/t18-/m1/s1. The van der Waals surface area contributed by atoms with Crippen molar-refractivity contribution in [1.29, 1.82) is 0 Å². The molecule has 0 aliphatic rings. The van der Waals surface area contributed by atoms with E-state index in [1.807, 2.05) is 38.1 Å². The van der Waals surface area contributed by atoms with Crippen molar-refractivity contribution in [3.8, 4) is 5.75 Å². The molecule has 1 atom stereocenters. The fraction of sp³-hybridized carbons (Fsp3) is 0.240. The number of nitrogens with zero attached hydrogens (tertiary/aromatic N) is 1. The predicted octanol–water partition coefficient (Wildman–Crippen LogP) is 4.68. The van der Waals surface area contributed by atoms with Gasteiger partial charge in [0.25, 0.3) is 5.91 Å². The first-order valence-electron chi connectivity index (χ1n) is 10.5. The number of benzene rings is 3. The van der Waals surface area contributed by atoms with Crippen LogP contribution in [0.15, 0.2) is 72.8 Å². The lowest BCUT2D eigenvalue weighted by atomic mass is 10.1. The number of carbonyl (C=O) groups excluding carboxylic acids is 1. The second kappa shape index (κ2) is 10.5. The molecule has 174 valence electrons. The van der Waals surface area contributed by atoms with Gasteiger partial charge in [-0.05, 0) is 73.5 Å². The van der Waals surface area contributed by atoms with E-state index in [9.17, 15) is 17.6 Å². The van der Waals surface area contributed by atoms with Gasteiger partial charge in [-0.2, -0.15) is 0 Å². The first-order chi connectivity index (χ1) is 15.7. The molecule has 0 saturated carbocycles. The van der Waals surface area contributed by atoms with Gasteiger partial charge >= 0.3 is 0 Å². The van der Waals surface area contributed by atoms with E-state index in [1.54, 1.807) is 24.3 Å². The van der Waals surface area contributed by atoms with Gasteiger partial charge in [0.15, 0.2) is 0 Å². The SMILES string of the molecule is CCOc1ccc([C@@H](C)NC(=O)c2ccc(N(Cc3ccc(F)cc3)S(C)(=O)=O)cc2)cc1. The highest BCUT2D eigenvalue weighted by molar-refractivity contribution is 7.92. The average molecular weight is 471 g/mol. The van der Waals surface area contributed by atoms with Gasteiger partial charge in [-0.3, -0.25) is 9.10 Å². The summed E-state index contributed by atoms with van der Waals surface area (Å²) in [6.45, 7) is 4.44. The summed E-state index contributed by atoms with van der Waals surface area (Å²) in [5, 5.41) is 2.94. The summed E-state index contributed by atoms with van der Waals surface area (Å²) in [5.74, 6) is 0.110. The fourth-order valence-corrected chi connectivity index (χ4v) is 4.21. The summed E-state index contributed by atoms with van der Waals surface area (Å²) in [6, 6.07) is 19.3. The normalized spacial score (nSPS) is 12.1. The van der Waals surface area contributed by atoms with E-state index in [0.717, 1.165) is 17.6 Å². The van der Waals surface area contributed by atoms with Crippen LogP contribution in [0.25, 0.3) is 0 Å². The Balaban J connectivity index is 1.71. The van der Waals surface area contributed by atoms with Crippen LogP contribution >= 0.6 is 0 Å². The van der Waals surface area contributed by atoms with Crippen molar-refractivity contribution >= 4 is 21.6 Å². The molecule has 0 unspecified atom stereocenters. The molecule has 0 bridgehead atoms. The molecule has 1 amide bonds. The Labute approximate surface area is 194 Å².